The molecule has 2 N–H and O–H groups in total. The Morgan fingerprint density at radius 2 is 2.33 bits per heavy atom. The van der Waals surface area contributed by atoms with Gasteiger partial charge in [0.2, 0.25) is 5.91 Å². The van der Waals surface area contributed by atoms with Crippen molar-refractivity contribution in [1.82, 2.24) is 5.32 Å². The molecule has 1 heterocycles. The van der Waals surface area contributed by atoms with Crippen molar-refractivity contribution in [3.63, 3.8) is 0 Å². The van der Waals surface area contributed by atoms with Gasteiger partial charge in [0, 0.05) is 6.54 Å². The second-order valence-electron chi connectivity index (χ2n) is 5.06. The molecular formula is C16H20FNO3. The molecule has 1 aromatic carbocycles. The zero-order valence-corrected chi connectivity index (χ0v) is 11.8. The zero-order chi connectivity index (χ0) is 15.1. The Balaban J connectivity index is 1.72. The maximum absolute atomic E-state index is 13.0. The maximum Gasteiger partial charge on any atom is 0.222 e. The van der Waals surface area contributed by atoms with Crippen molar-refractivity contribution in [2.45, 2.75) is 25.4 Å². The van der Waals surface area contributed by atoms with E-state index in [0.29, 0.717) is 18.7 Å². The molecule has 1 atom stereocenters. The van der Waals surface area contributed by atoms with E-state index in [2.05, 4.69) is 5.32 Å². The Hall–Kier alpha value is -1.72. The summed E-state index contributed by atoms with van der Waals surface area (Å²) in [5.74, 6) is -0.655. The van der Waals surface area contributed by atoms with Crippen LogP contribution in [0.1, 0.15) is 30.9 Å². The molecule has 0 fully saturated rings. The van der Waals surface area contributed by atoms with Crippen LogP contribution >= 0.6 is 0 Å². The molecule has 0 spiro atoms. The van der Waals surface area contributed by atoms with Gasteiger partial charge in [-0.25, -0.2) is 4.39 Å². The van der Waals surface area contributed by atoms with E-state index >= 15 is 0 Å². The Labute approximate surface area is 123 Å². The van der Waals surface area contributed by atoms with Gasteiger partial charge in [0.1, 0.15) is 5.82 Å². The molecule has 0 aliphatic carbocycles. The molecule has 1 unspecified atom stereocenters. The zero-order valence-electron chi connectivity index (χ0n) is 11.8. The second kappa shape index (κ2) is 7.90. The number of aliphatic hydroxyl groups is 1. The fraction of sp³-hybridized carbons (Fsp3) is 0.438. The smallest absolute Gasteiger partial charge is 0.222 e. The van der Waals surface area contributed by atoms with E-state index in [1.54, 1.807) is 6.07 Å². The van der Waals surface area contributed by atoms with E-state index in [-0.39, 0.29) is 12.3 Å². The van der Waals surface area contributed by atoms with Gasteiger partial charge in [0.15, 0.2) is 0 Å². The maximum atomic E-state index is 13.0. The minimum absolute atomic E-state index is 0.0639. The molecule has 0 bridgehead atoms. The Morgan fingerprint density at radius 1 is 1.48 bits per heavy atom. The fourth-order valence-electron chi connectivity index (χ4n) is 2.23. The van der Waals surface area contributed by atoms with Crippen LogP contribution in [0.4, 0.5) is 4.39 Å². The highest BCUT2D eigenvalue weighted by atomic mass is 19.1. The highest BCUT2D eigenvalue weighted by Gasteiger charge is 2.13. The number of amides is 1. The van der Waals surface area contributed by atoms with Crippen LogP contribution in [0, 0.1) is 5.82 Å². The van der Waals surface area contributed by atoms with Crippen molar-refractivity contribution < 1.29 is 19.0 Å². The third-order valence-electron chi connectivity index (χ3n) is 3.44. The molecule has 1 amide bonds. The summed E-state index contributed by atoms with van der Waals surface area (Å²) in [5, 5.41) is 12.7. The van der Waals surface area contributed by atoms with Crippen LogP contribution in [0.5, 0.6) is 0 Å². The number of aliphatic hydroxyl groups excluding tert-OH is 1. The molecule has 2 rings (SSSR count). The van der Waals surface area contributed by atoms with E-state index in [0.717, 1.165) is 19.4 Å². The summed E-state index contributed by atoms with van der Waals surface area (Å²) in [6, 6.07) is 5.67. The summed E-state index contributed by atoms with van der Waals surface area (Å²) in [5.41, 5.74) is 1.70. The number of ether oxygens (including phenoxy) is 1. The summed E-state index contributed by atoms with van der Waals surface area (Å²) in [6.45, 7) is 1.92. The number of carbonyl (C=O) groups is 1. The molecule has 0 saturated carbocycles. The van der Waals surface area contributed by atoms with E-state index in [1.165, 1.54) is 23.8 Å². The molecule has 114 valence electrons. The molecular weight excluding hydrogens is 273 g/mol. The van der Waals surface area contributed by atoms with Crippen LogP contribution in [0.2, 0.25) is 0 Å². The summed E-state index contributed by atoms with van der Waals surface area (Å²) >= 11 is 0. The SMILES string of the molecule is O=C(CC(O)c1cccc(F)c1)NCCC1=CCOCC1. The fourth-order valence-corrected chi connectivity index (χ4v) is 2.23. The van der Waals surface area contributed by atoms with Gasteiger partial charge in [-0.3, -0.25) is 4.79 Å². The van der Waals surface area contributed by atoms with E-state index in [4.69, 9.17) is 4.74 Å². The van der Waals surface area contributed by atoms with Crippen LogP contribution < -0.4 is 5.32 Å². The van der Waals surface area contributed by atoms with Gasteiger partial charge in [-0.05, 0) is 30.5 Å². The summed E-state index contributed by atoms with van der Waals surface area (Å²) < 4.78 is 18.3. The number of hydrogen-bond donors (Lipinski definition) is 2. The molecule has 0 radical (unpaired) electrons. The van der Waals surface area contributed by atoms with Crippen LogP contribution in [0.3, 0.4) is 0 Å². The number of nitrogens with one attached hydrogen (secondary N) is 1. The molecule has 1 aromatic rings. The minimum atomic E-state index is -0.983. The first-order valence-electron chi connectivity index (χ1n) is 7.11. The van der Waals surface area contributed by atoms with E-state index < -0.39 is 11.9 Å². The van der Waals surface area contributed by atoms with Crippen molar-refractivity contribution >= 4 is 5.91 Å². The number of rotatable bonds is 6. The van der Waals surface area contributed by atoms with Gasteiger partial charge in [0.05, 0.1) is 25.7 Å². The third-order valence-corrected chi connectivity index (χ3v) is 3.44. The molecule has 5 heteroatoms. The number of halogens is 1. The lowest BCUT2D eigenvalue weighted by Gasteiger charge is -2.14. The van der Waals surface area contributed by atoms with Gasteiger partial charge < -0.3 is 15.2 Å². The lowest BCUT2D eigenvalue weighted by molar-refractivity contribution is -0.123. The van der Waals surface area contributed by atoms with Gasteiger partial charge in [0.25, 0.3) is 0 Å². The van der Waals surface area contributed by atoms with Gasteiger partial charge in [-0.2, -0.15) is 0 Å². The molecule has 21 heavy (non-hydrogen) atoms. The molecule has 0 aromatic heterocycles. The number of carbonyl (C=O) groups excluding carboxylic acids is 1. The highest BCUT2D eigenvalue weighted by Crippen LogP contribution is 2.17. The predicted molar refractivity (Wildman–Crippen MR) is 77.1 cm³/mol. The molecule has 0 saturated heterocycles. The Bertz CT molecular complexity index is 516. The van der Waals surface area contributed by atoms with Gasteiger partial charge >= 0.3 is 0 Å². The van der Waals surface area contributed by atoms with Crippen LogP contribution in [-0.2, 0) is 9.53 Å². The standard InChI is InChI=1S/C16H20FNO3/c17-14-3-1-2-13(10-14)15(19)11-16(20)18-7-4-12-5-8-21-9-6-12/h1-3,5,10,15,19H,4,6-9,11H2,(H,18,20). The first-order valence-corrected chi connectivity index (χ1v) is 7.11. The van der Waals surface area contributed by atoms with Crippen LogP contribution in [0.15, 0.2) is 35.9 Å². The van der Waals surface area contributed by atoms with E-state index in [1.807, 2.05) is 6.08 Å². The average molecular weight is 293 g/mol. The molecule has 1 aliphatic heterocycles. The van der Waals surface area contributed by atoms with Crippen LogP contribution in [0.25, 0.3) is 0 Å². The Kier molecular flexibility index (Phi) is 5.90. The monoisotopic (exact) mass is 293 g/mol. The average Bonchev–Trinajstić information content (AvgIpc) is 2.48. The molecule has 1 aliphatic rings. The normalized spacial score (nSPS) is 16.2. The van der Waals surface area contributed by atoms with Crippen LogP contribution in [-0.4, -0.2) is 30.8 Å². The van der Waals surface area contributed by atoms with E-state index in [9.17, 15) is 14.3 Å². The van der Waals surface area contributed by atoms with Crippen molar-refractivity contribution in [3.05, 3.63) is 47.3 Å². The topological polar surface area (TPSA) is 58.6 Å². The first-order chi connectivity index (χ1) is 10.1. The predicted octanol–water partition coefficient (Wildman–Crippen LogP) is 2.10. The van der Waals surface area contributed by atoms with Crippen molar-refractivity contribution in [1.29, 1.82) is 0 Å². The third kappa shape index (κ3) is 5.28. The summed E-state index contributed by atoms with van der Waals surface area (Å²) in [4.78, 5) is 11.7. The minimum Gasteiger partial charge on any atom is -0.388 e. The lowest BCUT2D eigenvalue weighted by atomic mass is 10.1. The van der Waals surface area contributed by atoms with Gasteiger partial charge in [-0.1, -0.05) is 23.8 Å². The number of benzene rings is 1. The largest absolute Gasteiger partial charge is 0.388 e. The van der Waals surface area contributed by atoms with Crippen molar-refractivity contribution in [2.75, 3.05) is 19.8 Å². The molecule has 4 nitrogen and oxygen atoms in total. The summed E-state index contributed by atoms with van der Waals surface area (Å²) in [7, 11) is 0. The Morgan fingerprint density at radius 3 is 3.05 bits per heavy atom. The first kappa shape index (κ1) is 15.7. The quantitative estimate of drug-likeness (QED) is 0.790. The second-order valence-corrected chi connectivity index (χ2v) is 5.06. The number of hydrogen-bond acceptors (Lipinski definition) is 3. The van der Waals surface area contributed by atoms with Gasteiger partial charge in [-0.15, -0.1) is 0 Å². The van der Waals surface area contributed by atoms with Crippen molar-refractivity contribution in [3.8, 4) is 0 Å². The van der Waals surface area contributed by atoms with Crippen molar-refractivity contribution in [2.24, 2.45) is 0 Å². The lowest BCUT2D eigenvalue weighted by Crippen LogP contribution is -2.26. The highest BCUT2D eigenvalue weighted by molar-refractivity contribution is 5.76. The summed E-state index contributed by atoms with van der Waals surface area (Å²) in [6.07, 6.45) is 2.69.